The van der Waals surface area contributed by atoms with Gasteiger partial charge in [0.05, 0.1) is 5.92 Å². The van der Waals surface area contributed by atoms with Crippen molar-refractivity contribution >= 4 is 29.0 Å². The third-order valence-corrected chi connectivity index (χ3v) is 6.79. The number of nitrogens with zero attached hydrogens (tertiary/aromatic N) is 1. The molecule has 3 aromatic rings. The second-order valence-corrected chi connectivity index (χ2v) is 8.19. The second-order valence-electron chi connectivity index (χ2n) is 6.02. The maximum absolute atomic E-state index is 13.6. The van der Waals surface area contributed by atoms with Crippen molar-refractivity contribution < 1.29 is 4.79 Å². The summed E-state index contributed by atoms with van der Waals surface area (Å²) in [6, 6.07) is 24.4. The van der Waals surface area contributed by atoms with Crippen LogP contribution in [0.4, 0.5) is 0 Å². The highest BCUT2D eigenvalue weighted by molar-refractivity contribution is 7.99. The molecule has 0 bridgehead atoms. The molecule has 2 heterocycles. The molecule has 1 saturated heterocycles. The molecule has 0 radical (unpaired) electrons. The molecular weight excluding hydrogens is 346 g/mol. The van der Waals surface area contributed by atoms with E-state index in [0.717, 1.165) is 23.4 Å². The zero-order chi connectivity index (χ0) is 17.1. The van der Waals surface area contributed by atoms with Crippen LogP contribution in [0.15, 0.2) is 78.2 Å². The van der Waals surface area contributed by atoms with Crippen LogP contribution in [0, 0.1) is 0 Å². The average Bonchev–Trinajstić information content (AvgIpc) is 3.35. The molecule has 126 valence electrons. The first-order valence-corrected chi connectivity index (χ1v) is 10.3. The molecule has 1 aromatic heterocycles. The van der Waals surface area contributed by atoms with Gasteiger partial charge < -0.3 is 4.90 Å². The molecule has 2 nitrogen and oxygen atoms in total. The van der Waals surface area contributed by atoms with E-state index >= 15 is 0 Å². The lowest BCUT2D eigenvalue weighted by atomic mass is 9.90. The van der Waals surface area contributed by atoms with Crippen molar-refractivity contribution in [2.24, 2.45) is 0 Å². The molecule has 2 aromatic carbocycles. The summed E-state index contributed by atoms with van der Waals surface area (Å²) < 4.78 is 0. The second kappa shape index (κ2) is 7.46. The first-order valence-electron chi connectivity index (χ1n) is 8.40. The standard InChI is InChI=1S/C21H19NOS2/c23-20(22-13-15-25-21(22)18-12-7-14-24-18)19(16-8-3-1-4-9-16)17-10-5-2-6-11-17/h1-12,14,19,21H,13,15H2/t21-/m0/s1. The molecule has 25 heavy (non-hydrogen) atoms. The first kappa shape index (κ1) is 16.4. The summed E-state index contributed by atoms with van der Waals surface area (Å²) in [6.07, 6.45) is 0. The van der Waals surface area contributed by atoms with Crippen LogP contribution >= 0.6 is 23.1 Å². The molecule has 4 heteroatoms. The Balaban J connectivity index is 1.71. The first-order chi connectivity index (χ1) is 12.3. The minimum absolute atomic E-state index is 0.141. The van der Waals surface area contributed by atoms with Gasteiger partial charge in [-0.05, 0) is 22.6 Å². The molecule has 1 fully saturated rings. The van der Waals surface area contributed by atoms with Crippen LogP contribution in [0.2, 0.25) is 0 Å². The Morgan fingerprint density at radius 1 is 0.920 bits per heavy atom. The minimum atomic E-state index is -0.247. The molecule has 1 atom stereocenters. The monoisotopic (exact) mass is 365 g/mol. The van der Waals surface area contributed by atoms with E-state index in [2.05, 4.69) is 46.7 Å². The Bertz CT molecular complexity index is 778. The minimum Gasteiger partial charge on any atom is -0.324 e. The van der Waals surface area contributed by atoms with Crippen LogP contribution in [0.5, 0.6) is 0 Å². The van der Waals surface area contributed by atoms with E-state index in [1.807, 2.05) is 48.2 Å². The molecule has 0 spiro atoms. The Labute approximate surface area is 156 Å². The number of thioether (sulfide) groups is 1. The number of rotatable bonds is 4. The van der Waals surface area contributed by atoms with Gasteiger partial charge in [-0.1, -0.05) is 66.7 Å². The fourth-order valence-electron chi connectivity index (χ4n) is 3.30. The van der Waals surface area contributed by atoms with Crippen LogP contribution in [-0.4, -0.2) is 23.1 Å². The summed E-state index contributed by atoms with van der Waals surface area (Å²) in [4.78, 5) is 16.9. The van der Waals surface area contributed by atoms with E-state index in [0.29, 0.717) is 0 Å². The van der Waals surface area contributed by atoms with Crippen molar-refractivity contribution in [3.63, 3.8) is 0 Å². The van der Waals surface area contributed by atoms with Crippen LogP contribution in [0.1, 0.15) is 27.3 Å². The summed E-state index contributed by atoms with van der Waals surface area (Å²) in [7, 11) is 0. The molecule has 1 aliphatic heterocycles. The van der Waals surface area contributed by atoms with Gasteiger partial charge in [0.1, 0.15) is 5.37 Å². The number of hydrogen-bond acceptors (Lipinski definition) is 3. The van der Waals surface area contributed by atoms with E-state index < -0.39 is 0 Å². The van der Waals surface area contributed by atoms with Crippen LogP contribution in [0.25, 0.3) is 0 Å². The highest BCUT2D eigenvalue weighted by Crippen LogP contribution is 2.42. The summed E-state index contributed by atoms with van der Waals surface area (Å²) in [5.74, 6) is 0.939. The third kappa shape index (κ3) is 3.37. The summed E-state index contributed by atoms with van der Waals surface area (Å²) in [5.41, 5.74) is 2.11. The Hall–Kier alpha value is -2.04. The number of hydrogen-bond donors (Lipinski definition) is 0. The highest BCUT2D eigenvalue weighted by Gasteiger charge is 2.36. The van der Waals surface area contributed by atoms with E-state index in [1.54, 1.807) is 11.3 Å². The summed E-state index contributed by atoms with van der Waals surface area (Å²) in [6.45, 7) is 0.808. The van der Waals surface area contributed by atoms with Gasteiger partial charge in [0.25, 0.3) is 0 Å². The maximum atomic E-state index is 13.6. The van der Waals surface area contributed by atoms with Gasteiger partial charge in [0, 0.05) is 17.2 Å². The maximum Gasteiger partial charge on any atom is 0.235 e. The van der Waals surface area contributed by atoms with Gasteiger partial charge in [0.2, 0.25) is 5.91 Å². The lowest BCUT2D eigenvalue weighted by Gasteiger charge is -2.28. The third-order valence-electron chi connectivity index (χ3n) is 4.47. The molecule has 1 amide bonds. The lowest BCUT2D eigenvalue weighted by molar-refractivity contribution is -0.132. The van der Waals surface area contributed by atoms with Gasteiger partial charge in [-0.15, -0.1) is 23.1 Å². The van der Waals surface area contributed by atoms with E-state index in [9.17, 15) is 4.79 Å². The lowest BCUT2D eigenvalue weighted by Crippen LogP contribution is -2.35. The number of carbonyl (C=O) groups excluding carboxylic acids is 1. The van der Waals surface area contributed by atoms with Crippen LogP contribution in [0.3, 0.4) is 0 Å². The van der Waals surface area contributed by atoms with Gasteiger partial charge in [-0.3, -0.25) is 4.79 Å². The average molecular weight is 366 g/mol. The van der Waals surface area contributed by atoms with E-state index in [-0.39, 0.29) is 17.2 Å². The van der Waals surface area contributed by atoms with Crippen molar-refractivity contribution in [3.05, 3.63) is 94.2 Å². The normalized spacial score (nSPS) is 17.2. The predicted octanol–water partition coefficient (Wildman–Crippen LogP) is 5.15. The Kier molecular flexibility index (Phi) is 4.90. The number of thiophene rings is 1. The van der Waals surface area contributed by atoms with Crippen molar-refractivity contribution in [1.82, 2.24) is 4.90 Å². The summed E-state index contributed by atoms with van der Waals surface area (Å²) >= 11 is 3.59. The number of amides is 1. The van der Waals surface area contributed by atoms with E-state index in [1.165, 1.54) is 4.88 Å². The van der Waals surface area contributed by atoms with E-state index in [4.69, 9.17) is 0 Å². The largest absolute Gasteiger partial charge is 0.324 e. The zero-order valence-electron chi connectivity index (χ0n) is 13.7. The molecule has 0 aliphatic carbocycles. The van der Waals surface area contributed by atoms with Gasteiger partial charge in [-0.25, -0.2) is 0 Å². The fourth-order valence-corrected chi connectivity index (χ4v) is 5.54. The quantitative estimate of drug-likeness (QED) is 0.637. The molecular formula is C21H19NOS2. The van der Waals surface area contributed by atoms with Gasteiger partial charge in [0.15, 0.2) is 0 Å². The fraction of sp³-hybridized carbons (Fsp3) is 0.190. The number of carbonyl (C=O) groups is 1. The predicted molar refractivity (Wildman–Crippen MR) is 106 cm³/mol. The van der Waals surface area contributed by atoms with Crippen molar-refractivity contribution in [2.75, 3.05) is 12.3 Å². The molecule has 1 aliphatic rings. The summed E-state index contributed by atoms with van der Waals surface area (Å²) in [5, 5.41) is 2.23. The van der Waals surface area contributed by atoms with Crippen molar-refractivity contribution in [3.8, 4) is 0 Å². The Morgan fingerprint density at radius 3 is 2.12 bits per heavy atom. The SMILES string of the molecule is O=C(C(c1ccccc1)c1ccccc1)N1CCS[C@H]1c1cccs1. The molecule has 4 rings (SSSR count). The molecule has 0 N–H and O–H groups in total. The van der Waals surface area contributed by atoms with Crippen molar-refractivity contribution in [2.45, 2.75) is 11.3 Å². The van der Waals surface area contributed by atoms with Gasteiger partial charge >= 0.3 is 0 Å². The molecule has 0 unspecified atom stereocenters. The van der Waals surface area contributed by atoms with Crippen LogP contribution < -0.4 is 0 Å². The molecule has 0 saturated carbocycles. The highest BCUT2D eigenvalue weighted by atomic mass is 32.2. The number of benzene rings is 2. The smallest absolute Gasteiger partial charge is 0.235 e. The topological polar surface area (TPSA) is 20.3 Å². The van der Waals surface area contributed by atoms with Crippen LogP contribution in [-0.2, 0) is 4.79 Å². The zero-order valence-corrected chi connectivity index (χ0v) is 15.4. The van der Waals surface area contributed by atoms with Gasteiger partial charge in [-0.2, -0.15) is 0 Å². The van der Waals surface area contributed by atoms with Crippen molar-refractivity contribution in [1.29, 1.82) is 0 Å². The Morgan fingerprint density at radius 2 is 1.56 bits per heavy atom.